The van der Waals surface area contributed by atoms with Gasteiger partial charge in [0.2, 0.25) is 0 Å². The van der Waals surface area contributed by atoms with Crippen LogP contribution in [0.2, 0.25) is 0 Å². The summed E-state index contributed by atoms with van der Waals surface area (Å²) in [7, 11) is 1.28. The van der Waals surface area contributed by atoms with Crippen molar-refractivity contribution in [2.24, 2.45) is 0 Å². The first-order chi connectivity index (χ1) is 8.95. The Labute approximate surface area is 117 Å². The van der Waals surface area contributed by atoms with Crippen molar-refractivity contribution < 1.29 is 22.6 Å². The Morgan fingerprint density at radius 1 is 1.05 bits per heavy atom. The summed E-state index contributed by atoms with van der Waals surface area (Å²) in [6.07, 6.45) is -5.35. The molecule has 1 atom stereocenters. The molecule has 0 aromatic heterocycles. The zero-order chi connectivity index (χ0) is 15.6. The van der Waals surface area contributed by atoms with Crippen molar-refractivity contribution in [2.45, 2.75) is 51.5 Å². The van der Waals surface area contributed by atoms with E-state index < -0.39 is 23.8 Å². The Morgan fingerprint density at radius 3 is 2.10 bits per heavy atom. The first kappa shape index (κ1) is 16.8. The standard InChI is InChI=1S/C15H21F3O2/c1-13(2,3)20-12-8-6-7-11(9-12)14(4,19-5)10-15(16,17)18/h6-9H,10H2,1-5H3. The number of ether oxygens (including phenoxy) is 2. The summed E-state index contributed by atoms with van der Waals surface area (Å²) >= 11 is 0. The summed E-state index contributed by atoms with van der Waals surface area (Å²) in [5, 5.41) is 0. The fraction of sp³-hybridized carbons (Fsp3) is 0.600. The van der Waals surface area contributed by atoms with Crippen molar-refractivity contribution in [1.82, 2.24) is 0 Å². The van der Waals surface area contributed by atoms with E-state index in [1.807, 2.05) is 20.8 Å². The van der Waals surface area contributed by atoms with Crippen LogP contribution in [0.15, 0.2) is 24.3 Å². The van der Waals surface area contributed by atoms with Gasteiger partial charge in [0.25, 0.3) is 0 Å². The number of hydrogen-bond acceptors (Lipinski definition) is 2. The first-order valence-corrected chi connectivity index (χ1v) is 6.37. The van der Waals surface area contributed by atoms with E-state index in [0.29, 0.717) is 11.3 Å². The van der Waals surface area contributed by atoms with E-state index in [2.05, 4.69) is 0 Å². The zero-order valence-corrected chi connectivity index (χ0v) is 12.5. The van der Waals surface area contributed by atoms with Crippen LogP contribution in [0, 0.1) is 0 Å². The molecule has 0 amide bonds. The summed E-state index contributed by atoms with van der Waals surface area (Å²) in [4.78, 5) is 0. The Bertz CT molecular complexity index is 449. The molecule has 0 radical (unpaired) electrons. The lowest BCUT2D eigenvalue weighted by Gasteiger charge is -2.30. The van der Waals surface area contributed by atoms with Crippen LogP contribution in [0.4, 0.5) is 13.2 Å². The SMILES string of the molecule is COC(C)(CC(F)(F)F)c1cccc(OC(C)(C)C)c1. The smallest absolute Gasteiger partial charge is 0.392 e. The van der Waals surface area contributed by atoms with Crippen molar-refractivity contribution in [3.8, 4) is 5.75 Å². The van der Waals surface area contributed by atoms with Crippen molar-refractivity contribution in [2.75, 3.05) is 7.11 Å². The van der Waals surface area contributed by atoms with Gasteiger partial charge >= 0.3 is 6.18 Å². The molecule has 0 aliphatic heterocycles. The van der Waals surface area contributed by atoms with Gasteiger partial charge in [0.15, 0.2) is 0 Å². The first-order valence-electron chi connectivity index (χ1n) is 6.37. The third kappa shape index (κ3) is 5.04. The largest absolute Gasteiger partial charge is 0.488 e. The minimum Gasteiger partial charge on any atom is -0.488 e. The number of halogens is 3. The van der Waals surface area contributed by atoms with Crippen molar-refractivity contribution in [1.29, 1.82) is 0 Å². The fourth-order valence-electron chi connectivity index (χ4n) is 1.92. The van der Waals surface area contributed by atoms with Crippen LogP contribution in [0.3, 0.4) is 0 Å². The van der Waals surface area contributed by atoms with Crippen LogP contribution in [0.1, 0.15) is 39.7 Å². The Kier molecular flexibility index (Phi) is 4.74. The van der Waals surface area contributed by atoms with Gasteiger partial charge < -0.3 is 9.47 Å². The molecule has 0 saturated carbocycles. The molecule has 0 fully saturated rings. The van der Waals surface area contributed by atoms with Crippen LogP contribution >= 0.6 is 0 Å². The minimum absolute atomic E-state index is 0.411. The molecule has 1 unspecified atom stereocenters. The molecule has 1 aromatic rings. The molecule has 20 heavy (non-hydrogen) atoms. The molecule has 2 nitrogen and oxygen atoms in total. The average molecular weight is 290 g/mol. The van der Waals surface area contributed by atoms with Gasteiger partial charge in [0.1, 0.15) is 11.4 Å². The molecule has 1 aromatic carbocycles. The van der Waals surface area contributed by atoms with Gasteiger partial charge in [-0.05, 0) is 45.4 Å². The predicted molar refractivity (Wildman–Crippen MR) is 71.9 cm³/mol. The molecule has 1 rings (SSSR count). The molecule has 0 heterocycles. The number of methoxy groups -OCH3 is 1. The molecular formula is C15H21F3O2. The Hall–Kier alpha value is -1.23. The molecule has 5 heteroatoms. The van der Waals surface area contributed by atoms with E-state index in [1.54, 1.807) is 24.3 Å². The van der Waals surface area contributed by atoms with Gasteiger partial charge in [0.05, 0.1) is 12.0 Å². The fourth-order valence-corrected chi connectivity index (χ4v) is 1.92. The maximum atomic E-state index is 12.7. The number of benzene rings is 1. The molecule has 0 aliphatic rings. The quantitative estimate of drug-likeness (QED) is 0.801. The highest BCUT2D eigenvalue weighted by Crippen LogP contribution is 2.38. The van der Waals surface area contributed by atoms with Gasteiger partial charge in [-0.2, -0.15) is 13.2 Å². The van der Waals surface area contributed by atoms with Crippen LogP contribution in [0.25, 0.3) is 0 Å². The number of hydrogen-bond donors (Lipinski definition) is 0. The van der Waals surface area contributed by atoms with Crippen LogP contribution in [0.5, 0.6) is 5.75 Å². The second-order valence-electron chi connectivity index (χ2n) is 5.97. The lowest BCUT2D eigenvalue weighted by atomic mass is 9.91. The van der Waals surface area contributed by atoms with E-state index in [-0.39, 0.29) is 0 Å². The molecular weight excluding hydrogens is 269 g/mol. The van der Waals surface area contributed by atoms with Crippen molar-refractivity contribution in [3.05, 3.63) is 29.8 Å². The van der Waals surface area contributed by atoms with Crippen molar-refractivity contribution >= 4 is 0 Å². The predicted octanol–water partition coefficient (Wildman–Crippen LogP) is 4.68. The van der Waals surface area contributed by atoms with E-state index in [0.717, 1.165) is 0 Å². The summed E-state index contributed by atoms with van der Waals surface area (Å²) in [5.74, 6) is 0.528. The van der Waals surface area contributed by atoms with E-state index in [4.69, 9.17) is 9.47 Å². The molecule has 114 valence electrons. The second-order valence-corrected chi connectivity index (χ2v) is 5.97. The Balaban J connectivity index is 3.07. The highest BCUT2D eigenvalue weighted by Gasteiger charge is 2.41. The maximum absolute atomic E-state index is 12.7. The normalized spacial score (nSPS) is 15.8. The van der Waals surface area contributed by atoms with Gasteiger partial charge in [-0.25, -0.2) is 0 Å². The van der Waals surface area contributed by atoms with Gasteiger partial charge in [-0.3, -0.25) is 0 Å². The topological polar surface area (TPSA) is 18.5 Å². The zero-order valence-electron chi connectivity index (χ0n) is 12.5. The third-order valence-corrected chi connectivity index (χ3v) is 2.86. The molecule has 0 bridgehead atoms. The third-order valence-electron chi connectivity index (χ3n) is 2.86. The lowest BCUT2D eigenvalue weighted by Crippen LogP contribution is -2.31. The maximum Gasteiger partial charge on any atom is 0.392 e. The average Bonchev–Trinajstić information content (AvgIpc) is 2.24. The summed E-state index contributed by atoms with van der Waals surface area (Å²) in [5.41, 5.74) is -1.39. The van der Waals surface area contributed by atoms with Crippen LogP contribution in [-0.4, -0.2) is 18.9 Å². The lowest BCUT2D eigenvalue weighted by molar-refractivity contribution is -0.181. The summed E-state index contributed by atoms with van der Waals surface area (Å²) in [6, 6.07) is 6.60. The summed E-state index contributed by atoms with van der Waals surface area (Å²) < 4.78 is 48.8. The minimum atomic E-state index is -4.30. The van der Waals surface area contributed by atoms with Crippen LogP contribution in [-0.2, 0) is 10.3 Å². The van der Waals surface area contributed by atoms with Gasteiger partial charge in [0, 0.05) is 7.11 Å². The van der Waals surface area contributed by atoms with E-state index in [9.17, 15) is 13.2 Å². The monoisotopic (exact) mass is 290 g/mol. The van der Waals surface area contributed by atoms with E-state index in [1.165, 1.54) is 14.0 Å². The molecule has 0 aliphatic carbocycles. The summed E-state index contributed by atoms with van der Waals surface area (Å²) in [6.45, 7) is 7.07. The van der Waals surface area contributed by atoms with Crippen LogP contribution < -0.4 is 4.74 Å². The number of alkyl halides is 3. The Morgan fingerprint density at radius 2 is 1.65 bits per heavy atom. The second kappa shape index (κ2) is 5.64. The van der Waals surface area contributed by atoms with Crippen molar-refractivity contribution in [3.63, 3.8) is 0 Å². The molecule has 0 N–H and O–H groups in total. The highest BCUT2D eigenvalue weighted by molar-refractivity contribution is 5.32. The van der Waals surface area contributed by atoms with Gasteiger partial charge in [-0.15, -0.1) is 0 Å². The number of rotatable bonds is 4. The highest BCUT2D eigenvalue weighted by atomic mass is 19.4. The van der Waals surface area contributed by atoms with E-state index >= 15 is 0 Å². The van der Waals surface area contributed by atoms with Gasteiger partial charge in [-0.1, -0.05) is 12.1 Å². The molecule has 0 spiro atoms. The molecule has 0 saturated heterocycles.